The average Bonchev–Trinajstić information content (AvgIpc) is 3.18. The fourth-order valence-corrected chi connectivity index (χ4v) is 3.53. The summed E-state index contributed by atoms with van der Waals surface area (Å²) in [5, 5.41) is 0. The van der Waals surface area contributed by atoms with Gasteiger partial charge in [-0.05, 0) is 38.0 Å². The Morgan fingerprint density at radius 1 is 1.19 bits per heavy atom. The van der Waals surface area contributed by atoms with E-state index in [1.807, 2.05) is 49.4 Å². The van der Waals surface area contributed by atoms with Crippen LogP contribution in [0.2, 0.25) is 0 Å². The van der Waals surface area contributed by atoms with Crippen LogP contribution < -0.4 is 5.56 Å². The number of nitrogens with zero attached hydrogens (tertiary/aromatic N) is 3. The summed E-state index contributed by atoms with van der Waals surface area (Å²) in [4.78, 5) is 38.7. The molecule has 1 aliphatic heterocycles. The van der Waals surface area contributed by atoms with E-state index >= 15 is 0 Å². The third-order valence-electron chi connectivity index (χ3n) is 4.86. The number of carbonyl (C=O) groups excluding carboxylic acids is 1. The van der Waals surface area contributed by atoms with Gasteiger partial charge in [0.15, 0.2) is 0 Å². The third kappa shape index (κ3) is 3.38. The minimum Gasteiger partial charge on any atom is -0.330 e. The Labute approximate surface area is 156 Å². The van der Waals surface area contributed by atoms with Crippen LogP contribution in [0.25, 0.3) is 11.4 Å². The van der Waals surface area contributed by atoms with Crippen LogP contribution in [0.5, 0.6) is 0 Å². The van der Waals surface area contributed by atoms with E-state index in [-0.39, 0.29) is 17.5 Å². The molecular weight excluding hydrogens is 340 g/mol. The van der Waals surface area contributed by atoms with Gasteiger partial charge in [0.05, 0.1) is 11.7 Å². The van der Waals surface area contributed by atoms with Gasteiger partial charge in [-0.2, -0.15) is 0 Å². The summed E-state index contributed by atoms with van der Waals surface area (Å²) >= 11 is 0. The molecule has 2 aromatic heterocycles. The van der Waals surface area contributed by atoms with E-state index in [0.717, 1.165) is 29.7 Å². The fraction of sp³-hybridized carbons (Fsp3) is 0.238. The second-order valence-electron chi connectivity index (χ2n) is 6.76. The van der Waals surface area contributed by atoms with Gasteiger partial charge in [0.2, 0.25) is 0 Å². The number of nitrogens with one attached hydrogen (secondary N) is 1. The minimum absolute atomic E-state index is 0.0641. The Morgan fingerprint density at radius 2 is 2.07 bits per heavy atom. The van der Waals surface area contributed by atoms with Crippen LogP contribution in [0.15, 0.2) is 59.7 Å². The van der Waals surface area contributed by atoms with Gasteiger partial charge < -0.3 is 9.88 Å². The van der Waals surface area contributed by atoms with E-state index in [0.29, 0.717) is 12.4 Å². The van der Waals surface area contributed by atoms with Crippen molar-refractivity contribution < 1.29 is 4.79 Å². The minimum atomic E-state index is -0.418. The van der Waals surface area contributed by atoms with Crippen molar-refractivity contribution >= 4 is 5.91 Å². The van der Waals surface area contributed by atoms with Crippen molar-refractivity contribution in [1.82, 2.24) is 19.9 Å². The highest BCUT2D eigenvalue weighted by atomic mass is 16.2. The number of carbonyl (C=O) groups is 1. The first kappa shape index (κ1) is 17.1. The number of benzene rings is 1. The van der Waals surface area contributed by atoms with Gasteiger partial charge in [0, 0.05) is 24.5 Å². The molecule has 0 bridgehead atoms. The molecule has 0 unspecified atom stereocenters. The highest BCUT2D eigenvalue weighted by Crippen LogP contribution is 2.31. The molecule has 0 radical (unpaired) electrons. The number of pyridine rings is 1. The summed E-state index contributed by atoms with van der Waals surface area (Å²) in [6, 6.07) is 13.3. The molecule has 1 saturated heterocycles. The second-order valence-corrected chi connectivity index (χ2v) is 6.76. The largest absolute Gasteiger partial charge is 0.330 e. The number of likely N-dealkylation sites (tertiary alicyclic amines) is 1. The van der Waals surface area contributed by atoms with Crippen LogP contribution >= 0.6 is 0 Å². The van der Waals surface area contributed by atoms with E-state index in [4.69, 9.17) is 0 Å². The monoisotopic (exact) mass is 360 g/mol. The quantitative estimate of drug-likeness (QED) is 0.778. The highest BCUT2D eigenvalue weighted by Gasteiger charge is 2.32. The van der Waals surface area contributed by atoms with E-state index in [1.165, 1.54) is 6.20 Å². The molecule has 1 fully saturated rings. The van der Waals surface area contributed by atoms with Gasteiger partial charge in [-0.3, -0.25) is 14.6 Å². The van der Waals surface area contributed by atoms with Crippen molar-refractivity contribution in [3.8, 4) is 11.4 Å². The van der Waals surface area contributed by atoms with E-state index in [2.05, 4.69) is 15.0 Å². The Hall–Kier alpha value is -3.28. The van der Waals surface area contributed by atoms with Gasteiger partial charge in [-0.1, -0.05) is 29.8 Å². The van der Waals surface area contributed by atoms with Crippen LogP contribution in [-0.2, 0) is 0 Å². The molecule has 6 nitrogen and oxygen atoms in total. The molecule has 0 spiro atoms. The zero-order chi connectivity index (χ0) is 18.8. The zero-order valence-corrected chi connectivity index (χ0v) is 15.1. The summed E-state index contributed by atoms with van der Waals surface area (Å²) in [6.07, 6.45) is 4.84. The molecule has 27 heavy (non-hydrogen) atoms. The molecule has 4 rings (SSSR count). The summed E-state index contributed by atoms with van der Waals surface area (Å²) in [5.74, 6) is 0.163. The number of hydrogen-bond donors (Lipinski definition) is 1. The number of H-pyrrole nitrogens is 1. The lowest BCUT2D eigenvalue weighted by Crippen LogP contribution is -2.35. The van der Waals surface area contributed by atoms with Gasteiger partial charge >= 0.3 is 0 Å². The van der Waals surface area contributed by atoms with Crippen LogP contribution in [0.3, 0.4) is 0 Å². The number of aromatic amines is 1. The van der Waals surface area contributed by atoms with Crippen LogP contribution in [-0.4, -0.2) is 32.3 Å². The Morgan fingerprint density at radius 3 is 2.81 bits per heavy atom. The number of rotatable bonds is 3. The van der Waals surface area contributed by atoms with E-state index < -0.39 is 5.56 Å². The van der Waals surface area contributed by atoms with Crippen molar-refractivity contribution in [2.75, 3.05) is 6.54 Å². The first-order valence-electron chi connectivity index (χ1n) is 9.02. The predicted molar refractivity (Wildman–Crippen MR) is 102 cm³/mol. The Kier molecular flexibility index (Phi) is 4.54. The molecular formula is C21H20N4O2. The summed E-state index contributed by atoms with van der Waals surface area (Å²) in [5.41, 5.74) is 2.39. The number of aryl methyl sites for hydroxylation is 1. The molecule has 6 heteroatoms. The molecule has 1 amide bonds. The summed E-state index contributed by atoms with van der Waals surface area (Å²) in [7, 11) is 0. The van der Waals surface area contributed by atoms with Crippen molar-refractivity contribution in [2.45, 2.75) is 25.8 Å². The third-order valence-corrected chi connectivity index (χ3v) is 4.86. The maximum Gasteiger partial charge on any atom is 0.264 e. The Bertz CT molecular complexity index is 1030. The summed E-state index contributed by atoms with van der Waals surface area (Å²) < 4.78 is 0. The second kappa shape index (κ2) is 7.15. The lowest BCUT2D eigenvalue weighted by Gasteiger charge is -2.24. The first-order chi connectivity index (χ1) is 13.1. The zero-order valence-electron chi connectivity index (χ0n) is 15.1. The van der Waals surface area contributed by atoms with Gasteiger partial charge in [0.1, 0.15) is 11.4 Å². The van der Waals surface area contributed by atoms with Crippen LogP contribution in [0.4, 0.5) is 0 Å². The van der Waals surface area contributed by atoms with Crippen molar-refractivity contribution in [1.29, 1.82) is 0 Å². The molecule has 3 aromatic rings. The lowest BCUT2D eigenvalue weighted by atomic mass is 10.1. The smallest absolute Gasteiger partial charge is 0.264 e. The number of hydrogen-bond acceptors (Lipinski definition) is 4. The van der Waals surface area contributed by atoms with Crippen LogP contribution in [0.1, 0.15) is 40.5 Å². The lowest BCUT2D eigenvalue weighted by molar-refractivity contribution is 0.0730. The molecule has 1 aromatic carbocycles. The van der Waals surface area contributed by atoms with Crippen molar-refractivity contribution in [2.24, 2.45) is 0 Å². The standard InChI is InChI=1S/C21H20N4O2/c1-14-6-4-7-15(12-14)19-23-13-16(20(26)24-19)21(27)25-11-5-9-18(25)17-8-2-3-10-22-17/h2-4,6-8,10,12-13,18H,5,9,11H2,1H3,(H,23,24,26)/t18-/m0/s1. The average molecular weight is 360 g/mol. The normalized spacial score (nSPS) is 16.5. The molecule has 0 aliphatic carbocycles. The molecule has 3 heterocycles. The highest BCUT2D eigenvalue weighted by molar-refractivity contribution is 5.94. The molecule has 1 aliphatic rings. The van der Waals surface area contributed by atoms with Gasteiger partial charge in [-0.25, -0.2) is 4.98 Å². The number of amides is 1. The van der Waals surface area contributed by atoms with Gasteiger partial charge in [0.25, 0.3) is 11.5 Å². The summed E-state index contributed by atoms with van der Waals surface area (Å²) in [6.45, 7) is 2.59. The SMILES string of the molecule is Cc1cccc(-c2ncc(C(=O)N3CCC[C@H]3c3ccccn3)c(=O)[nH]2)c1. The van der Waals surface area contributed by atoms with Gasteiger partial charge in [-0.15, -0.1) is 0 Å². The maximum absolute atomic E-state index is 13.0. The van der Waals surface area contributed by atoms with E-state index in [9.17, 15) is 9.59 Å². The first-order valence-corrected chi connectivity index (χ1v) is 9.02. The maximum atomic E-state index is 13.0. The topological polar surface area (TPSA) is 79.0 Å². The molecule has 136 valence electrons. The van der Waals surface area contributed by atoms with E-state index in [1.54, 1.807) is 11.1 Å². The van der Waals surface area contributed by atoms with Crippen LogP contribution in [0, 0.1) is 6.92 Å². The Balaban J connectivity index is 1.63. The molecule has 1 N–H and O–H groups in total. The number of aromatic nitrogens is 3. The molecule has 0 saturated carbocycles. The predicted octanol–water partition coefficient (Wildman–Crippen LogP) is 3.12. The van der Waals surface area contributed by atoms with Crippen molar-refractivity contribution in [3.63, 3.8) is 0 Å². The van der Waals surface area contributed by atoms with Crippen molar-refractivity contribution in [3.05, 3.63) is 82.0 Å². The molecule has 1 atom stereocenters. The fourth-order valence-electron chi connectivity index (χ4n) is 3.53.